The van der Waals surface area contributed by atoms with Gasteiger partial charge in [0.05, 0.1) is 16.7 Å². The molecule has 102 valence electrons. The number of hydrogen-bond donors (Lipinski definition) is 2. The minimum Gasteiger partial charge on any atom is -0.280 e. The van der Waals surface area contributed by atoms with Crippen LogP contribution in [-0.4, -0.2) is 23.6 Å². The number of rotatable bonds is 3. The van der Waals surface area contributed by atoms with Gasteiger partial charge in [0, 0.05) is 23.5 Å². The summed E-state index contributed by atoms with van der Waals surface area (Å²) in [6.07, 6.45) is 4.25. The Bertz CT molecular complexity index is 876. The van der Waals surface area contributed by atoms with Crippen molar-refractivity contribution in [2.75, 3.05) is 4.72 Å². The van der Waals surface area contributed by atoms with E-state index in [1.165, 1.54) is 18.5 Å². The topological polar surface area (TPSA) is 87.7 Å². The molecule has 0 fully saturated rings. The summed E-state index contributed by atoms with van der Waals surface area (Å²) in [4.78, 5) is 3.72. The molecule has 0 aliphatic rings. The Labute approximate surface area is 119 Å². The molecule has 1 aromatic carbocycles. The molecule has 2 N–H and O–H groups in total. The Morgan fingerprint density at radius 2 is 2.05 bits per heavy atom. The molecule has 3 rings (SSSR count). The van der Waals surface area contributed by atoms with Gasteiger partial charge in [-0.1, -0.05) is 11.6 Å². The summed E-state index contributed by atoms with van der Waals surface area (Å²) in [5.41, 5.74) is 1.26. The second-order valence-corrected chi connectivity index (χ2v) is 6.14. The third-order valence-corrected chi connectivity index (χ3v) is 4.57. The largest absolute Gasteiger partial charge is 0.280 e. The van der Waals surface area contributed by atoms with Crippen LogP contribution in [0.25, 0.3) is 10.9 Å². The Kier molecular flexibility index (Phi) is 3.07. The number of pyridine rings is 1. The van der Waals surface area contributed by atoms with Gasteiger partial charge in [0.25, 0.3) is 10.0 Å². The molecule has 2 aromatic heterocycles. The van der Waals surface area contributed by atoms with E-state index in [9.17, 15) is 8.42 Å². The van der Waals surface area contributed by atoms with Gasteiger partial charge in [-0.25, -0.2) is 8.42 Å². The zero-order chi connectivity index (χ0) is 14.2. The molecule has 0 unspecified atom stereocenters. The molecule has 0 saturated carbocycles. The van der Waals surface area contributed by atoms with Crippen LogP contribution in [0.5, 0.6) is 0 Å². The summed E-state index contributed by atoms with van der Waals surface area (Å²) in [6, 6.07) is 6.49. The van der Waals surface area contributed by atoms with Crippen molar-refractivity contribution in [3.05, 3.63) is 47.9 Å². The van der Waals surface area contributed by atoms with Crippen LogP contribution in [0.2, 0.25) is 5.02 Å². The van der Waals surface area contributed by atoms with Crippen molar-refractivity contribution >= 4 is 38.2 Å². The SMILES string of the molecule is O=S(=O)(Nc1ccc2[nH]ncc2c1)c1cnccc1Cl. The number of sulfonamides is 1. The quantitative estimate of drug-likeness (QED) is 0.777. The van der Waals surface area contributed by atoms with Crippen molar-refractivity contribution in [3.8, 4) is 0 Å². The maximum atomic E-state index is 12.2. The summed E-state index contributed by atoms with van der Waals surface area (Å²) >= 11 is 5.88. The smallest absolute Gasteiger partial charge is 0.264 e. The average molecular weight is 309 g/mol. The van der Waals surface area contributed by atoms with Crippen LogP contribution in [0.15, 0.2) is 47.8 Å². The van der Waals surface area contributed by atoms with E-state index in [4.69, 9.17) is 11.6 Å². The molecule has 0 aliphatic carbocycles. The Balaban J connectivity index is 1.99. The second-order valence-electron chi connectivity index (χ2n) is 4.08. The van der Waals surface area contributed by atoms with E-state index in [-0.39, 0.29) is 9.92 Å². The number of benzene rings is 1. The standard InChI is InChI=1S/C12H9ClN4O2S/c13-10-3-4-14-7-12(10)20(18,19)17-9-1-2-11-8(5-9)6-15-16-11/h1-7,17H,(H,15,16). The van der Waals surface area contributed by atoms with Crippen molar-refractivity contribution in [2.45, 2.75) is 4.90 Å². The van der Waals surface area contributed by atoms with E-state index in [1.807, 2.05) is 0 Å². The molecule has 0 bridgehead atoms. The van der Waals surface area contributed by atoms with Gasteiger partial charge in [0.2, 0.25) is 0 Å². The molecule has 2 heterocycles. The molecule has 0 aliphatic heterocycles. The third kappa shape index (κ3) is 2.33. The molecule has 0 atom stereocenters. The van der Waals surface area contributed by atoms with Crippen molar-refractivity contribution in [3.63, 3.8) is 0 Å². The summed E-state index contributed by atoms with van der Waals surface area (Å²) in [7, 11) is -3.77. The number of nitrogens with one attached hydrogen (secondary N) is 2. The lowest BCUT2D eigenvalue weighted by Gasteiger charge is -2.08. The van der Waals surface area contributed by atoms with Crippen LogP contribution in [-0.2, 0) is 10.0 Å². The maximum Gasteiger partial charge on any atom is 0.264 e. The fourth-order valence-corrected chi connectivity index (χ4v) is 3.26. The molecule has 0 radical (unpaired) electrons. The highest BCUT2D eigenvalue weighted by atomic mass is 35.5. The molecule has 0 spiro atoms. The molecule has 6 nitrogen and oxygen atoms in total. The van der Waals surface area contributed by atoms with Crippen LogP contribution in [0, 0.1) is 0 Å². The number of H-pyrrole nitrogens is 1. The number of aromatic nitrogens is 3. The zero-order valence-corrected chi connectivity index (χ0v) is 11.6. The molecule has 8 heteroatoms. The first kappa shape index (κ1) is 12.9. The first-order chi connectivity index (χ1) is 9.56. The minimum absolute atomic E-state index is 0.0612. The zero-order valence-electron chi connectivity index (χ0n) is 10.0. The monoisotopic (exact) mass is 308 g/mol. The molecule has 3 aromatic rings. The number of aromatic amines is 1. The minimum atomic E-state index is -3.77. The van der Waals surface area contributed by atoms with Gasteiger partial charge in [-0.2, -0.15) is 5.10 Å². The first-order valence-electron chi connectivity index (χ1n) is 5.62. The van der Waals surface area contributed by atoms with E-state index < -0.39 is 10.0 Å². The Hall–Kier alpha value is -2.12. The van der Waals surface area contributed by atoms with Gasteiger partial charge in [-0.15, -0.1) is 0 Å². The number of fused-ring (bicyclic) bond motifs is 1. The number of anilines is 1. The van der Waals surface area contributed by atoms with Crippen LogP contribution in [0.1, 0.15) is 0 Å². The van der Waals surface area contributed by atoms with Crippen LogP contribution < -0.4 is 4.72 Å². The summed E-state index contributed by atoms with van der Waals surface area (Å²) in [5, 5.41) is 7.60. The lowest BCUT2D eigenvalue weighted by atomic mass is 10.2. The third-order valence-electron chi connectivity index (χ3n) is 2.72. The summed E-state index contributed by atoms with van der Waals surface area (Å²) in [6.45, 7) is 0. The predicted molar refractivity (Wildman–Crippen MR) is 76.1 cm³/mol. The highest BCUT2D eigenvalue weighted by molar-refractivity contribution is 7.92. The molecular weight excluding hydrogens is 300 g/mol. The van der Waals surface area contributed by atoms with Crippen molar-refractivity contribution in [1.82, 2.24) is 15.2 Å². The summed E-state index contributed by atoms with van der Waals surface area (Å²) in [5.74, 6) is 0. The first-order valence-corrected chi connectivity index (χ1v) is 7.48. The average Bonchev–Trinajstić information content (AvgIpc) is 2.86. The molecule has 0 saturated heterocycles. The van der Waals surface area contributed by atoms with Gasteiger partial charge < -0.3 is 0 Å². The van der Waals surface area contributed by atoms with Gasteiger partial charge in [0.1, 0.15) is 4.90 Å². The van der Waals surface area contributed by atoms with E-state index in [0.717, 1.165) is 10.9 Å². The number of nitrogens with zero attached hydrogens (tertiary/aromatic N) is 2. The van der Waals surface area contributed by atoms with Crippen LogP contribution in [0.4, 0.5) is 5.69 Å². The highest BCUT2D eigenvalue weighted by Crippen LogP contribution is 2.24. The molecular formula is C12H9ClN4O2S. The van der Waals surface area contributed by atoms with Gasteiger partial charge >= 0.3 is 0 Å². The lowest BCUT2D eigenvalue weighted by molar-refractivity contribution is 0.601. The normalized spacial score (nSPS) is 11.7. The van der Waals surface area contributed by atoms with Crippen LogP contribution >= 0.6 is 11.6 Å². The fraction of sp³-hybridized carbons (Fsp3) is 0. The predicted octanol–water partition coefficient (Wildman–Crippen LogP) is 2.41. The maximum absolute atomic E-state index is 12.2. The van der Waals surface area contributed by atoms with Crippen LogP contribution in [0.3, 0.4) is 0 Å². The van der Waals surface area contributed by atoms with Gasteiger partial charge in [-0.05, 0) is 24.3 Å². The Morgan fingerprint density at radius 1 is 1.20 bits per heavy atom. The fourth-order valence-electron chi connectivity index (χ4n) is 1.78. The van der Waals surface area contributed by atoms with Crippen molar-refractivity contribution in [2.24, 2.45) is 0 Å². The van der Waals surface area contributed by atoms with Gasteiger partial charge in [-0.3, -0.25) is 14.8 Å². The number of hydrogen-bond acceptors (Lipinski definition) is 4. The summed E-state index contributed by atoms with van der Waals surface area (Å²) < 4.78 is 26.9. The Morgan fingerprint density at radius 3 is 2.85 bits per heavy atom. The van der Waals surface area contributed by atoms with E-state index in [2.05, 4.69) is 19.9 Å². The molecule has 20 heavy (non-hydrogen) atoms. The highest BCUT2D eigenvalue weighted by Gasteiger charge is 2.18. The number of halogens is 1. The second kappa shape index (κ2) is 4.77. The van der Waals surface area contributed by atoms with Gasteiger partial charge in [0.15, 0.2) is 0 Å². The van der Waals surface area contributed by atoms with Crippen molar-refractivity contribution < 1.29 is 8.42 Å². The lowest BCUT2D eigenvalue weighted by Crippen LogP contribution is -2.13. The van der Waals surface area contributed by atoms with E-state index in [0.29, 0.717) is 5.69 Å². The molecule has 0 amide bonds. The van der Waals surface area contributed by atoms with E-state index >= 15 is 0 Å². The van der Waals surface area contributed by atoms with E-state index in [1.54, 1.807) is 24.4 Å². The van der Waals surface area contributed by atoms with Crippen molar-refractivity contribution in [1.29, 1.82) is 0 Å².